The molecule has 0 fully saturated rings. The van der Waals surface area contributed by atoms with Crippen LogP contribution in [-0.4, -0.2) is 41.0 Å². The monoisotopic (exact) mass is 450 g/mol. The van der Waals surface area contributed by atoms with Gasteiger partial charge in [-0.3, -0.25) is 14.3 Å². The number of sulfonamides is 1. The molecule has 0 bridgehead atoms. The van der Waals surface area contributed by atoms with E-state index >= 15 is 0 Å². The van der Waals surface area contributed by atoms with Crippen molar-refractivity contribution in [2.45, 2.75) is 42.9 Å². The Hall–Kier alpha value is -2.50. The summed E-state index contributed by atoms with van der Waals surface area (Å²) in [5, 5.41) is 3.83. The van der Waals surface area contributed by atoms with Crippen molar-refractivity contribution in [1.29, 1.82) is 0 Å². The van der Waals surface area contributed by atoms with Gasteiger partial charge in [-0.2, -0.15) is 0 Å². The van der Waals surface area contributed by atoms with Gasteiger partial charge in [0.1, 0.15) is 16.2 Å². The van der Waals surface area contributed by atoms with E-state index < -0.39 is 15.7 Å². The van der Waals surface area contributed by atoms with Gasteiger partial charge in [0.05, 0.1) is 4.88 Å². The maximum atomic E-state index is 12.9. The quantitative estimate of drug-likeness (QED) is 0.587. The maximum absolute atomic E-state index is 12.9. The van der Waals surface area contributed by atoms with Gasteiger partial charge in [-0.25, -0.2) is 17.5 Å². The van der Waals surface area contributed by atoms with Crippen molar-refractivity contribution in [3.63, 3.8) is 0 Å². The molecule has 4 rings (SSSR count). The minimum absolute atomic E-state index is 0.224. The van der Waals surface area contributed by atoms with Crippen molar-refractivity contribution in [3.8, 4) is 10.6 Å². The normalized spacial score (nSPS) is 14.2. The predicted molar refractivity (Wildman–Crippen MR) is 112 cm³/mol. The number of thiophene rings is 1. The van der Waals surface area contributed by atoms with E-state index in [4.69, 9.17) is 4.52 Å². The van der Waals surface area contributed by atoms with Crippen LogP contribution in [0.15, 0.2) is 42.8 Å². The number of rotatable bonds is 7. The first-order chi connectivity index (χ1) is 14.4. The maximum Gasteiger partial charge on any atom is 0.328 e. The smallest absolute Gasteiger partial charge is 0.328 e. The van der Waals surface area contributed by atoms with Crippen LogP contribution in [0.25, 0.3) is 10.6 Å². The lowest BCUT2D eigenvalue weighted by Gasteiger charge is -2.21. The molecule has 11 heteroatoms. The van der Waals surface area contributed by atoms with Gasteiger partial charge < -0.3 is 4.52 Å². The summed E-state index contributed by atoms with van der Waals surface area (Å²) >= 11 is 1.13. The Labute approximate surface area is 177 Å². The molecule has 3 heterocycles. The summed E-state index contributed by atoms with van der Waals surface area (Å²) < 4.78 is 33.7. The highest BCUT2D eigenvalue weighted by atomic mass is 32.2. The van der Waals surface area contributed by atoms with Crippen molar-refractivity contribution < 1.29 is 12.9 Å². The zero-order valence-corrected chi connectivity index (χ0v) is 18.1. The lowest BCUT2D eigenvalue weighted by atomic mass is 9.97. The fourth-order valence-corrected chi connectivity index (χ4v) is 6.38. The molecule has 1 aliphatic carbocycles. The molecule has 30 heavy (non-hydrogen) atoms. The van der Waals surface area contributed by atoms with Crippen LogP contribution in [0.4, 0.5) is 0 Å². The van der Waals surface area contributed by atoms with Gasteiger partial charge in [-0.05, 0) is 44.2 Å². The number of hydrogen-bond acceptors (Lipinski definition) is 7. The molecule has 0 radical (unpaired) electrons. The SMILES string of the molecule is CN(CCCn1c2c(c(=O)[nH]c1=O)CCCC2)S(=O)(=O)c1ccc(-c2ccon2)s1. The van der Waals surface area contributed by atoms with Crippen molar-refractivity contribution in [3.05, 3.63) is 56.6 Å². The second-order valence-electron chi connectivity index (χ2n) is 7.23. The summed E-state index contributed by atoms with van der Waals surface area (Å²) in [5.74, 6) is 0. The predicted octanol–water partition coefficient (Wildman–Crippen LogP) is 1.84. The van der Waals surface area contributed by atoms with Gasteiger partial charge in [0.15, 0.2) is 0 Å². The summed E-state index contributed by atoms with van der Waals surface area (Å²) in [5.41, 5.74) is 1.33. The first-order valence-corrected chi connectivity index (χ1v) is 12.0. The van der Waals surface area contributed by atoms with Gasteiger partial charge in [0, 0.05) is 37.5 Å². The van der Waals surface area contributed by atoms with Crippen LogP contribution in [0, 0.1) is 0 Å². The van der Waals surface area contributed by atoms with Gasteiger partial charge in [-0.15, -0.1) is 11.3 Å². The van der Waals surface area contributed by atoms with E-state index in [-0.39, 0.29) is 16.3 Å². The first-order valence-electron chi connectivity index (χ1n) is 9.70. The van der Waals surface area contributed by atoms with Crippen molar-refractivity contribution >= 4 is 21.4 Å². The zero-order chi connectivity index (χ0) is 21.3. The average Bonchev–Trinajstić information content (AvgIpc) is 3.42. The second-order valence-corrected chi connectivity index (χ2v) is 10.6. The molecule has 0 amide bonds. The summed E-state index contributed by atoms with van der Waals surface area (Å²) in [6, 6.07) is 4.94. The van der Waals surface area contributed by atoms with E-state index in [9.17, 15) is 18.0 Å². The van der Waals surface area contributed by atoms with Crippen molar-refractivity contribution in [2.75, 3.05) is 13.6 Å². The highest BCUT2D eigenvalue weighted by Gasteiger charge is 2.24. The Morgan fingerprint density at radius 1 is 1.23 bits per heavy atom. The van der Waals surface area contributed by atoms with E-state index in [0.717, 1.165) is 29.9 Å². The average molecular weight is 451 g/mol. The topological polar surface area (TPSA) is 118 Å². The molecule has 0 aromatic carbocycles. The Kier molecular flexibility index (Phi) is 5.76. The van der Waals surface area contributed by atoms with Crippen LogP contribution in [0.5, 0.6) is 0 Å². The number of aromatic amines is 1. The molecular formula is C19H22N4O5S2. The molecule has 0 aliphatic heterocycles. The molecule has 3 aromatic heterocycles. The zero-order valence-electron chi connectivity index (χ0n) is 16.5. The van der Waals surface area contributed by atoms with E-state index in [0.29, 0.717) is 41.9 Å². The standard InChI is InChI=1S/C19H22N4O5S2/c1-22(30(26,27)17-8-7-16(29-17)14-9-12-28-21-14)10-4-11-23-15-6-3-2-5-13(15)18(24)20-19(23)25/h7-9,12H,2-6,10-11H2,1H3,(H,20,24,25). The molecule has 1 N–H and O–H groups in total. The summed E-state index contributed by atoms with van der Waals surface area (Å²) in [6.45, 7) is 0.603. The number of hydrogen-bond donors (Lipinski definition) is 1. The van der Waals surface area contributed by atoms with Gasteiger partial charge in [-0.1, -0.05) is 5.16 Å². The minimum Gasteiger partial charge on any atom is -0.364 e. The first kappa shape index (κ1) is 20.8. The largest absolute Gasteiger partial charge is 0.364 e. The summed E-state index contributed by atoms with van der Waals surface area (Å²) in [6.07, 6.45) is 5.14. The highest BCUT2D eigenvalue weighted by Crippen LogP contribution is 2.31. The second kappa shape index (κ2) is 8.32. The number of aromatic nitrogens is 3. The Bertz CT molecular complexity index is 1250. The highest BCUT2D eigenvalue weighted by molar-refractivity contribution is 7.91. The minimum atomic E-state index is -3.65. The molecular weight excluding hydrogens is 428 g/mol. The molecule has 9 nitrogen and oxygen atoms in total. The third-order valence-corrected chi connectivity index (χ3v) is 8.73. The van der Waals surface area contributed by atoms with Crippen molar-refractivity contribution in [2.24, 2.45) is 0 Å². The van der Waals surface area contributed by atoms with Crippen LogP contribution in [0.2, 0.25) is 0 Å². The summed E-state index contributed by atoms with van der Waals surface area (Å²) in [4.78, 5) is 27.4. The van der Waals surface area contributed by atoms with Crippen LogP contribution in [0.1, 0.15) is 30.5 Å². The number of nitrogens with zero attached hydrogens (tertiary/aromatic N) is 3. The molecule has 1 aliphatic rings. The molecule has 160 valence electrons. The van der Waals surface area contributed by atoms with Crippen LogP contribution in [0.3, 0.4) is 0 Å². The third-order valence-electron chi connectivity index (χ3n) is 5.30. The molecule has 3 aromatic rings. The van der Waals surface area contributed by atoms with E-state index in [2.05, 4.69) is 10.1 Å². The molecule has 0 atom stereocenters. The van der Waals surface area contributed by atoms with Crippen LogP contribution < -0.4 is 11.2 Å². The molecule has 0 saturated carbocycles. The molecule has 0 saturated heterocycles. The Morgan fingerprint density at radius 3 is 2.80 bits per heavy atom. The number of nitrogens with one attached hydrogen (secondary N) is 1. The van der Waals surface area contributed by atoms with Crippen molar-refractivity contribution in [1.82, 2.24) is 19.0 Å². The number of fused-ring (bicyclic) bond motifs is 1. The fraction of sp³-hybridized carbons (Fsp3) is 0.421. The van der Waals surface area contributed by atoms with Gasteiger partial charge >= 0.3 is 5.69 Å². The van der Waals surface area contributed by atoms with Gasteiger partial charge in [0.2, 0.25) is 0 Å². The van der Waals surface area contributed by atoms with E-state index in [1.165, 1.54) is 17.6 Å². The lowest BCUT2D eigenvalue weighted by molar-refractivity contribution is 0.422. The van der Waals surface area contributed by atoms with E-state index in [1.54, 1.807) is 22.8 Å². The van der Waals surface area contributed by atoms with Gasteiger partial charge in [0.25, 0.3) is 15.6 Å². The molecule has 0 unspecified atom stereocenters. The Balaban J connectivity index is 1.46. The Morgan fingerprint density at radius 2 is 2.03 bits per heavy atom. The van der Waals surface area contributed by atoms with Crippen LogP contribution in [-0.2, 0) is 29.4 Å². The molecule has 0 spiro atoms. The summed E-state index contributed by atoms with van der Waals surface area (Å²) in [7, 11) is -2.13. The van der Waals surface area contributed by atoms with Crippen LogP contribution >= 0.6 is 11.3 Å². The fourth-order valence-electron chi connectivity index (χ4n) is 3.69. The van der Waals surface area contributed by atoms with E-state index in [1.807, 2.05) is 0 Å². The third kappa shape index (κ3) is 3.92. The lowest BCUT2D eigenvalue weighted by Crippen LogP contribution is -2.37. The number of H-pyrrole nitrogens is 1.